The maximum Gasteiger partial charge on any atom is 0.246 e. The fourth-order valence-corrected chi connectivity index (χ4v) is 5.59. The van der Waals surface area contributed by atoms with Crippen molar-refractivity contribution in [3.05, 3.63) is 59.7 Å². The highest BCUT2D eigenvalue weighted by Crippen LogP contribution is 2.29. The third-order valence-electron chi connectivity index (χ3n) is 5.84. The van der Waals surface area contributed by atoms with Gasteiger partial charge in [-0.15, -0.1) is 0 Å². The van der Waals surface area contributed by atoms with Crippen molar-refractivity contribution in [3.8, 4) is 0 Å². The summed E-state index contributed by atoms with van der Waals surface area (Å²) in [6.07, 6.45) is 0.819. The summed E-state index contributed by atoms with van der Waals surface area (Å²) in [5, 5.41) is 0. The van der Waals surface area contributed by atoms with Gasteiger partial charge in [-0.1, -0.05) is 18.2 Å². The minimum absolute atomic E-state index is 0.0209. The summed E-state index contributed by atoms with van der Waals surface area (Å²) in [4.78, 5) is 16.1. The van der Waals surface area contributed by atoms with Crippen molar-refractivity contribution in [1.29, 1.82) is 0 Å². The van der Waals surface area contributed by atoms with E-state index in [4.69, 9.17) is 0 Å². The molecule has 0 aliphatic carbocycles. The van der Waals surface area contributed by atoms with E-state index in [1.54, 1.807) is 4.90 Å². The summed E-state index contributed by atoms with van der Waals surface area (Å²) in [6, 6.07) is 9.80. The van der Waals surface area contributed by atoms with E-state index in [9.17, 15) is 22.0 Å². The minimum atomic E-state index is -4.14. The highest BCUT2D eigenvalue weighted by Gasteiger charge is 2.35. The van der Waals surface area contributed by atoms with Crippen molar-refractivity contribution < 1.29 is 22.0 Å². The predicted molar refractivity (Wildman–Crippen MR) is 109 cm³/mol. The maximum atomic E-state index is 14.0. The molecule has 1 amide bonds. The molecule has 0 N–H and O–H groups in total. The topological polar surface area (TPSA) is 60.9 Å². The molecule has 0 spiro atoms. The van der Waals surface area contributed by atoms with Gasteiger partial charge >= 0.3 is 0 Å². The van der Waals surface area contributed by atoms with Crippen molar-refractivity contribution >= 4 is 21.6 Å². The number of hydrogen-bond acceptors (Lipinski definition) is 4. The van der Waals surface area contributed by atoms with E-state index < -0.39 is 32.6 Å². The van der Waals surface area contributed by atoms with Gasteiger partial charge in [-0.2, -0.15) is 4.31 Å². The number of hydrogen-bond donors (Lipinski definition) is 0. The highest BCUT2D eigenvalue weighted by molar-refractivity contribution is 7.89. The predicted octanol–water partition coefficient (Wildman–Crippen LogP) is 2.25. The molecule has 1 atom stereocenters. The SMILES string of the molecule is CC(C(=O)N1CCc2ccccc21)N1CCN(S(=O)(=O)c2cc(F)ccc2F)CC1. The van der Waals surface area contributed by atoms with Crippen LogP contribution in [0.25, 0.3) is 0 Å². The molecule has 2 aliphatic heterocycles. The number of piperazine rings is 1. The first-order valence-corrected chi connectivity index (χ1v) is 11.3. The number of nitrogens with zero attached hydrogens (tertiary/aromatic N) is 3. The van der Waals surface area contributed by atoms with Gasteiger partial charge in [0, 0.05) is 38.4 Å². The molecule has 160 valence electrons. The molecule has 2 heterocycles. The lowest BCUT2D eigenvalue weighted by molar-refractivity contribution is -0.123. The van der Waals surface area contributed by atoms with Gasteiger partial charge < -0.3 is 4.90 Å². The first kappa shape index (κ1) is 20.9. The molecule has 0 saturated carbocycles. The molecule has 1 saturated heterocycles. The van der Waals surface area contributed by atoms with E-state index in [0.717, 1.165) is 34.1 Å². The second kappa shape index (κ2) is 8.05. The van der Waals surface area contributed by atoms with E-state index in [1.165, 1.54) is 0 Å². The molecule has 2 aliphatic rings. The number of fused-ring (bicyclic) bond motifs is 1. The Labute approximate surface area is 174 Å². The number of para-hydroxylation sites is 1. The Balaban J connectivity index is 1.43. The Morgan fingerprint density at radius 2 is 1.70 bits per heavy atom. The van der Waals surface area contributed by atoms with Gasteiger partial charge in [0.05, 0.1) is 6.04 Å². The van der Waals surface area contributed by atoms with Crippen LogP contribution in [0.4, 0.5) is 14.5 Å². The molecule has 9 heteroatoms. The third-order valence-corrected chi connectivity index (χ3v) is 7.76. The van der Waals surface area contributed by atoms with Gasteiger partial charge in [0.15, 0.2) is 0 Å². The highest BCUT2D eigenvalue weighted by atomic mass is 32.2. The van der Waals surface area contributed by atoms with Crippen LogP contribution in [0.5, 0.6) is 0 Å². The van der Waals surface area contributed by atoms with Gasteiger partial charge in [0.2, 0.25) is 15.9 Å². The number of benzene rings is 2. The number of sulfonamides is 1. The standard InChI is InChI=1S/C21H23F2N3O3S/c1-15(21(27)26-9-8-16-4-2-3-5-19(16)26)24-10-12-25(13-11-24)30(28,29)20-14-17(22)6-7-18(20)23/h2-7,14-15H,8-13H2,1H3. The largest absolute Gasteiger partial charge is 0.310 e. The number of halogens is 2. The van der Waals surface area contributed by atoms with Gasteiger partial charge in [-0.25, -0.2) is 17.2 Å². The van der Waals surface area contributed by atoms with Crippen molar-refractivity contribution in [2.24, 2.45) is 0 Å². The van der Waals surface area contributed by atoms with Gasteiger partial charge in [0.1, 0.15) is 16.5 Å². The Morgan fingerprint density at radius 1 is 1.00 bits per heavy atom. The molecular weight excluding hydrogens is 412 g/mol. The van der Waals surface area contributed by atoms with Crippen LogP contribution >= 0.6 is 0 Å². The fraction of sp³-hybridized carbons (Fsp3) is 0.381. The average Bonchev–Trinajstić information content (AvgIpc) is 3.18. The van der Waals surface area contributed by atoms with Gasteiger partial charge in [-0.05, 0) is 43.2 Å². The zero-order valence-electron chi connectivity index (χ0n) is 16.6. The van der Waals surface area contributed by atoms with Crippen molar-refractivity contribution in [3.63, 3.8) is 0 Å². The van der Waals surface area contributed by atoms with Gasteiger partial charge in [-0.3, -0.25) is 9.69 Å². The lowest BCUT2D eigenvalue weighted by Gasteiger charge is -2.38. The van der Waals surface area contributed by atoms with E-state index >= 15 is 0 Å². The van der Waals surface area contributed by atoms with Crippen LogP contribution in [0.15, 0.2) is 47.4 Å². The number of carbonyl (C=O) groups is 1. The Kier molecular flexibility index (Phi) is 5.61. The zero-order valence-corrected chi connectivity index (χ0v) is 17.4. The van der Waals surface area contributed by atoms with Crippen LogP contribution < -0.4 is 4.90 Å². The molecule has 0 bridgehead atoms. The van der Waals surface area contributed by atoms with E-state index in [0.29, 0.717) is 25.7 Å². The van der Waals surface area contributed by atoms with Gasteiger partial charge in [0.25, 0.3) is 0 Å². The molecule has 6 nitrogen and oxygen atoms in total. The first-order chi connectivity index (χ1) is 14.3. The smallest absolute Gasteiger partial charge is 0.246 e. The van der Waals surface area contributed by atoms with Crippen molar-refractivity contribution in [2.45, 2.75) is 24.3 Å². The average molecular weight is 435 g/mol. The molecule has 4 rings (SSSR count). The number of anilines is 1. The normalized spacial score (nSPS) is 19.0. The summed E-state index contributed by atoms with van der Waals surface area (Å²) in [7, 11) is -4.14. The van der Waals surface area contributed by atoms with E-state index in [1.807, 2.05) is 36.1 Å². The quantitative estimate of drug-likeness (QED) is 0.739. The molecule has 1 unspecified atom stereocenters. The summed E-state index contributed by atoms with van der Waals surface area (Å²) < 4.78 is 54.1. The van der Waals surface area contributed by atoms with Crippen molar-refractivity contribution in [1.82, 2.24) is 9.21 Å². The number of rotatable bonds is 4. The molecule has 1 fully saturated rings. The molecule has 0 aromatic heterocycles. The molecule has 2 aromatic rings. The van der Waals surface area contributed by atoms with Crippen LogP contribution in [0.1, 0.15) is 12.5 Å². The first-order valence-electron chi connectivity index (χ1n) is 9.87. The number of carbonyl (C=O) groups excluding carboxylic acids is 1. The number of amides is 1. The second-order valence-corrected chi connectivity index (χ2v) is 9.47. The Bertz CT molecular complexity index is 1070. The van der Waals surface area contributed by atoms with Crippen molar-refractivity contribution in [2.75, 3.05) is 37.6 Å². The fourth-order valence-electron chi connectivity index (χ4n) is 4.09. The molecular formula is C21H23F2N3O3S. The lowest BCUT2D eigenvalue weighted by atomic mass is 10.1. The Morgan fingerprint density at radius 3 is 2.43 bits per heavy atom. The second-order valence-electron chi connectivity index (χ2n) is 7.56. The summed E-state index contributed by atoms with van der Waals surface area (Å²) in [6.45, 7) is 3.32. The van der Waals surface area contributed by atoms with Crippen LogP contribution in [0.2, 0.25) is 0 Å². The minimum Gasteiger partial charge on any atom is -0.310 e. The van der Waals surface area contributed by atoms with Crippen LogP contribution in [0.3, 0.4) is 0 Å². The summed E-state index contributed by atoms with van der Waals surface area (Å²) in [5.41, 5.74) is 2.07. The zero-order chi connectivity index (χ0) is 21.5. The van der Waals surface area contributed by atoms with Crippen LogP contribution in [-0.2, 0) is 21.2 Å². The third kappa shape index (κ3) is 3.73. The molecule has 2 aromatic carbocycles. The maximum absolute atomic E-state index is 14.0. The van der Waals surface area contributed by atoms with Crippen LogP contribution in [0, 0.1) is 11.6 Å². The molecule has 0 radical (unpaired) electrons. The van der Waals surface area contributed by atoms with E-state index in [-0.39, 0.29) is 19.0 Å². The summed E-state index contributed by atoms with van der Waals surface area (Å²) in [5.74, 6) is -1.80. The van der Waals surface area contributed by atoms with Crippen LogP contribution in [-0.4, -0.2) is 62.3 Å². The lowest BCUT2D eigenvalue weighted by Crippen LogP contribution is -2.55. The monoisotopic (exact) mass is 435 g/mol. The Hall–Kier alpha value is -2.36. The summed E-state index contributed by atoms with van der Waals surface area (Å²) >= 11 is 0. The van der Waals surface area contributed by atoms with E-state index in [2.05, 4.69) is 0 Å². The molecule has 30 heavy (non-hydrogen) atoms.